The number of amides is 3. The molecule has 40 heavy (non-hydrogen) atoms. The maximum Gasteiger partial charge on any atom is 0.408 e. The Balaban J connectivity index is 1.75. The summed E-state index contributed by atoms with van der Waals surface area (Å²) in [6.07, 6.45) is -1.67. The highest BCUT2D eigenvalue weighted by atomic mass is 19.3. The summed E-state index contributed by atoms with van der Waals surface area (Å²) in [6, 6.07) is -1.26. The van der Waals surface area contributed by atoms with Crippen LogP contribution in [0, 0.1) is 17.5 Å². The number of hydrogen-bond donors (Lipinski definition) is 2. The number of nitrogens with zero attached hydrogens (tertiary/aromatic N) is 4. The Bertz CT molecular complexity index is 1270. The smallest absolute Gasteiger partial charge is 0.408 e. The van der Waals surface area contributed by atoms with Crippen molar-refractivity contribution in [1.29, 1.82) is 0 Å². The number of aromatic nitrogens is 3. The molecule has 1 aromatic carbocycles. The molecule has 2 unspecified atom stereocenters. The third kappa shape index (κ3) is 7.88. The third-order valence-corrected chi connectivity index (χ3v) is 5.95. The number of alkyl halides is 2. The Morgan fingerprint density at radius 2 is 1.65 bits per heavy atom. The molecule has 10 nitrogen and oxygen atoms in total. The number of nitrogens with one attached hydrogen (secondary N) is 2. The molecule has 1 aromatic heterocycles. The monoisotopic (exact) mass is 574 g/mol. The Hall–Kier alpha value is -3.78. The molecule has 220 valence electrons. The molecule has 1 aliphatic rings. The summed E-state index contributed by atoms with van der Waals surface area (Å²) in [4.78, 5) is 39.4. The summed E-state index contributed by atoms with van der Waals surface area (Å²) >= 11 is 0. The molecule has 0 fully saturated rings. The van der Waals surface area contributed by atoms with E-state index in [0.717, 1.165) is 0 Å². The van der Waals surface area contributed by atoms with Gasteiger partial charge in [-0.15, -0.1) is 10.2 Å². The van der Waals surface area contributed by atoms with Crippen molar-refractivity contribution in [2.45, 2.75) is 84.2 Å². The van der Waals surface area contributed by atoms with Gasteiger partial charge in [-0.1, -0.05) is 0 Å². The number of carbonyl (C=O) groups is 3. The van der Waals surface area contributed by atoms with Crippen LogP contribution >= 0.6 is 0 Å². The van der Waals surface area contributed by atoms with Crippen LogP contribution in [0.25, 0.3) is 0 Å². The predicted octanol–water partition coefficient (Wildman–Crippen LogP) is 3.18. The lowest BCUT2D eigenvalue weighted by Crippen LogP contribution is -2.51. The number of carbonyl (C=O) groups excluding carboxylic acids is 3. The van der Waals surface area contributed by atoms with Gasteiger partial charge >= 0.3 is 12.0 Å². The first-order valence-electron chi connectivity index (χ1n) is 12.5. The predicted molar refractivity (Wildman–Crippen MR) is 130 cm³/mol. The van der Waals surface area contributed by atoms with Crippen molar-refractivity contribution in [2.75, 3.05) is 6.54 Å². The summed E-state index contributed by atoms with van der Waals surface area (Å²) in [5, 5.41) is 12.2. The van der Waals surface area contributed by atoms with E-state index >= 15 is 0 Å². The first-order chi connectivity index (χ1) is 18.4. The van der Waals surface area contributed by atoms with Crippen molar-refractivity contribution in [3.63, 3.8) is 0 Å². The van der Waals surface area contributed by atoms with E-state index in [9.17, 15) is 36.3 Å². The van der Waals surface area contributed by atoms with Crippen molar-refractivity contribution in [3.8, 4) is 0 Å². The van der Waals surface area contributed by atoms with Gasteiger partial charge in [-0.05, 0) is 45.7 Å². The number of halogens is 5. The Morgan fingerprint density at radius 3 is 2.27 bits per heavy atom. The lowest BCUT2D eigenvalue weighted by molar-refractivity contribution is -0.133. The van der Waals surface area contributed by atoms with Gasteiger partial charge in [-0.25, -0.2) is 18.0 Å². The number of benzene rings is 1. The van der Waals surface area contributed by atoms with E-state index in [1.165, 1.54) is 16.4 Å². The molecular formula is C25H31F5N6O4. The van der Waals surface area contributed by atoms with E-state index in [4.69, 9.17) is 4.74 Å². The fraction of sp³-hybridized carbons (Fsp3) is 0.560. The van der Waals surface area contributed by atoms with Gasteiger partial charge < -0.3 is 24.8 Å². The molecule has 0 bridgehead atoms. The van der Waals surface area contributed by atoms with Gasteiger partial charge in [0.15, 0.2) is 17.5 Å². The first kappa shape index (κ1) is 30.8. The van der Waals surface area contributed by atoms with E-state index < -0.39 is 77.6 Å². The summed E-state index contributed by atoms with van der Waals surface area (Å²) in [5.41, 5.74) is -1.12. The number of rotatable bonds is 8. The molecule has 0 aliphatic carbocycles. The van der Waals surface area contributed by atoms with Crippen molar-refractivity contribution in [2.24, 2.45) is 0 Å². The molecule has 2 heterocycles. The first-order valence-corrected chi connectivity index (χ1v) is 12.5. The highest BCUT2D eigenvalue weighted by Gasteiger charge is 2.36. The minimum atomic E-state index is -3.23. The zero-order valence-electron chi connectivity index (χ0n) is 22.7. The molecule has 15 heteroatoms. The van der Waals surface area contributed by atoms with Crippen LogP contribution in [0.4, 0.5) is 26.7 Å². The summed E-state index contributed by atoms with van der Waals surface area (Å²) in [7, 11) is 0. The minimum absolute atomic E-state index is 0.00148. The summed E-state index contributed by atoms with van der Waals surface area (Å²) in [6.45, 7) is 6.83. The van der Waals surface area contributed by atoms with E-state index in [-0.39, 0.29) is 31.0 Å². The summed E-state index contributed by atoms with van der Waals surface area (Å²) in [5.74, 6) is -8.71. The molecule has 0 radical (unpaired) electrons. The largest absolute Gasteiger partial charge is 0.444 e. The van der Waals surface area contributed by atoms with Crippen LogP contribution in [0.3, 0.4) is 0 Å². The quantitative estimate of drug-likeness (QED) is 0.370. The standard InChI is InChI=1S/C25H31F5N6O4/c1-13(31-23(39)40-24(2,3)4)21(38)32-15(8-14-9-17(27)18(28)11-16(14)26)10-20(37)35-6-7-36-19(12-35)33-34-22(36)25(5,29)30/h9,11,13,15H,6-8,10,12H2,1-5H3,(H,31,39)(H,32,38). The van der Waals surface area contributed by atoms with Crippen LogP contribution in [0.15, 0.2) is 12.1 Å². The normalized spacial score (nSPS) is 15.2. The van der Waals surface area contributed by atoms with Crippen molar-refractivity contribution >= 4 is 17.9 Å². The average molecular weight is 575 g/mol. The zero-order valence-corrected chi connectivity index (χ0v) is 22.7. The Kier molecular flexibility index (Phi) is 9.04. The second kappa shape index (κ2) is 11.8. The van der Waals surface area contributed by atoms with Crippen LogP contribution in [0.5, 0.6) is 0 Å². The Morgan fingerprint density at radius 1 is 1.00 bits per heavy atom. The van der Waals surface area contributed by atoms with Crippen molar-refractivity contribution in [1.82, 2.24) is 30.3 Å². The van der Waals surface area contributed by atoms with Crippen LogP contribution in [0.1, 0.15) is 58.3 Å². The molecular weight excluding hydrogens is 543 g/mol. The minimum Gasteiger partial charge on any atom is -0.444 e. The molecule has 3 amide bonds. The van der Waals surface area contributed by atoms with Gasteiger partial charge in [0.25, 0.3) is 0 Å². The lowest BCUT2D eigenvalue weighted by Gasteiger charge is -2.30. The van der Waals surface area contributed by atoms with Gasteiger partial charge in [0.05, 0.1) is 6.54 Å². The number of fused-ring (bicyclic) bond motifs is 1. The molecule has 2 atom stereocenters. The number of hydrogen-bond acceptors (Lipinski definition) is 6. The number of alkyl carbamates (subject to hydrolysis) is 1. The molecule has 2 N–H and O–H groups in total. The van der Waals surface area contributed by atoms with Gasteiger partial charge in [0.1, 0.15) is 17.5 Å². The maximum absolute atomic E-state index is 14.4. The van der Waals surface area contributed by atoms with Crippen LogP contribution in [0.2, 0.25) is 0 Å². The maximum atomic E-state index is 14.4. The fourth-order valence-corrected chi connectivity index (χ4v) is 4.07. The fourth-order valence-electron chi connectivity index (χ4n) is 4.07. The second-order valence-electron chi connectivity index (χ2n) is 10.6. The molecule has 0 saturated heterocycles. The van der Waals surface area contributed by atoms with Crippen LogP contribution < -0.4 is 10.6 Å². The summed E-state index contributed by atoms with van der Waals surface area (Å²) < 4.78 is 75.6. The highest BCUT2D eigenvalue weighted by molar-refractivity contribution is 5.86. The lowest BCUT2D eigenvalue weighted by atomic mass is 10.0. The third-order valence-electron chi connectivity index (χ3n) is 5.95. The molecule has 3 rings (SSSR count). The highest BCUT2D eigenvalue weighted by Crippen LogP contribution is 2.27. The molecule has 2 aromatic rings. The van der Waals surface area contributed by atoms with E-state index in [1.54, 1.807) is 20.8 Å². The van der Waals surface area contributed by atoms with Crippen LogP contribution in [-0.2, 0) is 39.8 Å². The SMILES string of the molecule is CC(NC(=O)OC(C)(C)C)C(=O)NC(CC(=O)N1CCn2c(nnc2C(C)(F)F)C1)Cc1cc(F)c(F)cc1F. The van der Waals surface area contributed by atoms with E-state index in [0.29, 0.717) is 19.1 Å². The van der Waals surface area contributed by atoms with E-state index in [2.05, 4.69) is 20.8 Å². The zero-order chi connectivity index (χ0) is 30.0. The van der Waals surface area contributed by atoms with Gasteiger partial charge in [0, 0.05) is 38.5 Å². The molecule has 1 aliphatic heterocycles. The van der Waals surface area contributed by atoms with Gasteiger partial charge in [0.2, 0.25) is 17.6 Å². The number of ether oxygens (including phenoxy) is 1. The van der Waals surface area contributed by atoms with Gasteiger partial charge in [-0.3, -0.25) is 9.59 Å². The Labute approximate surface area is 227 Å². The topological polar surface area (TPSA) is 118 Å². The molecule has 0 spiro atoms. The second-order valence-corrected chi connectivity index (χ2v) is 10.6. The molecule has 0 saturated carbocycles. The average Bonchev–Trinajstić information content (AvgIpc) is 3.25. The van der Waals surface area contributed by atoms with Gasteiger partial charge in [-0.2, -0.15) is 8.78 Å². The van der Waals surface area contributed by atoms with Crippen LogP contribution in [-0.4, -0.2) is 61.8 Å². The van der Waals surface area contributed by atoms with E-state index in [1.807, 2.05) is 0 Å². The van der Waals surface area contributed by atoms with Crippen molar-refractivity contribution in [3.05, 3.63) is 46.8 Å². The van der Waals surface area contributed by atoms with Crippen molar-refractivity contribution < 1.29 is 41.1 Å².